The highest BCUT2D eigenvalue weighted by molar-refractivity contribution is 5.45. The number of aliphatic hydroxyl groups is 2. The Bertz CT molecular complexity index is 338. The number of nitrogens with zero attached hydrogens (tertiary/aromatic N) is 2. The van der Waals surface area contributed by atoms with Gasteiger partial charge < -0.3 is 15.1 Å². The third kappa shape index (κ3) is 3.84. The van der Waals surface area contributed by atoms with Crippen molar-refractivity contribution in [3.05, 3.63) is 36.7 Å². The first-order chi connectivity index (χ1) is 8.22. The average Bonchev–Trinajstić information content (AvgIpc) is 2.38. The Balaban J connectivity index is 2.79. The molecular weight excluding hydrogens is 216 g/mol. The second kappa shape index (κ2) is 7.04. The summed E-state index contributed by atoms with van der Waals surface area (Å²) in [7, 11) is 0. The first-order valence-corrected chi connectivity index (χ1v) is 5.83. The topological polar surface area (TPSA) is 56.6 Å². The Labute approximate surface area is 102 Å². The van der Waals surface area contributed by atoms with E-state index in [0.29, 0.717) is 25.2 Å². The third-order valence-electron chi connectivity index (χ3n) is 2.58. The van der Waals surface area contributed by atoms with E-state index in [4.69, 9.17) is 5.11 Å². The van der Waals surface area contributed by atoms with Gasteiger partial charge in [0.1, 0.15) is 0 Å². The molecule has 0 aliphatic heterocycles. The van der Waals surface area contributed by atoms with Crippen LogP contribution in [0.5, 0.6) is 0 Å². The fourth-order valence-electron chi connectivity index (χ4n) is 1.59. The van der Waals surface area contributed by atoms with Crippen molar-refractivity contribution in [1.29, 1.82) is 0 Å². The standard InChI is InChI=1S/C13H20N2O2/c1-3-7-15(8-9-16)11-5-6-12(14-10-11)13(17)4-2/h3,5-6,10,13,16-17H,1,4,7-9H2,2H3/t13-/m0/s1. The first-order valence-electron chi connectivity index (χ1n) is 5.83. The molecule has 0 amide bonds. The van der Waals surface area contributed by atoms with Gasteiger partial charge in [0, 0.05) is 13.1 Å². The van der Waals surface area contributed by atoms with Gasteiger partial charge in [-0.05, 0) is 18.6 Å². The van der Waals surface area contributed by atoms with E-state index in [1.54, 1.807) is 12.3 Å². The van der Waals surface area contributed by atoms with Crippen molar-refractivity contribution in [3.8, 4) is 0 Å². The van der Waals surface area contributed by atoms with Gasteiger partial charge in [0.05, 0.1) is 30.3 Å². The molecular formula is C13H20N2O2. The molecule has 1 heterocycles. The maximum Gasteiger partial charge on any atom is 0.0957 e. The maximum absolute atomic E-state index is 9.63. The molecule has 1 atom stereocenters. The van der Waals surface area contributed by atoms with Crippen LogP contribution in [0.4, 0.5) is 5.69 Å². The molecule has 0 bridgehead atoms. The highest BCUT2D eigenvalue weighted by Crippen LogP contribution is 2.18. The molecule has 2 N–H and O–H groups in total. The molecule has 0 aliphatic carbocycles. The van der Waals surface area contributed by atoms with E-state index in [1.807, 2.05) is 24.0 Å². The van der Waals surface area contributed by atoms with E-state index >= 15 is 0 Å². The molecule has 94 valence electrons. The van der Waals surface area contributed by atoms with Gasteiger partial charge in [-0.1, -0.05) is 13.0 Å². The number of aliphatic hydroxyl groups excluding tert-OH is 2. The Hall–Kier alpha value is -1.39. The van der Waals surface area contributed by atoms with Crippen molar-refractivity contribution >= 4 is 5.69 Å². The predicted octanol–water partition coefficient (Wildman–Crippen LogP) is 1.51. The van der Waals surface area contributed by atoms with Crippen molar-refractivity contribution in [2.24, 2.45) is 0 Å². The summed E-state index contributed by atoms with van der Waals surface area (Å²) >= 11 is 0. The molecule has 0 saturated carbocycles. The van der Waals surface area contributed by atoms with E-state index in [1.165, 1.54) is 0 Å². The van der Waals surface area contributed by atoms with Crippen LogP contribution in [0.3, 0.4) is 0 Å². The van der Waals surface area contributed by atoms with E-state index < -0.39 is 6.10 Å². The summed E-state index contributed by atoms with van der Waals surface area (Å²) in [5.41, 5.74) is 1.60. The quantitative estimate of drug-likeness (QED) is 0.705. The van der Waals surface area contributed by atoms with E-state index in [9.17, 15) is 5.11 Å². The molecule has 0 saturated heterocycles. The zero-order chi connectivity index (χ0) is 12.7. The monoisotopic (exact) mass is 236 g/mol. The molecule has 4 nitrogen and oxygen atoms in total. The minimum atomic E-state index is -0.505. The summed E-state index contributed by atoms with van der Waals surface area (Å²) < 4.78 is 0. The SMILES string of the molecule is C=CCN(CCO)c1ccc([C@@H](O)CC)nc1. The highest BCUT2D eigenvalue weighted by Gasteiger charge is 2.08. The number of aromatic nitrogens is 1. The second-order valence-corrected chi connectivity index (χ2v) is 3.82. The van der Waals surface area contributed by atoms with E-state index in [0.717, 1.165) is 5.69 Å². The molecule has 0 aliphatic rings. The van der Waals surface area contributed by atoms with Crippen LogP contribution in [-0.2, 0) is 0 Å². The van der Waals surface area contributed by atoms with Crippen molar-refractivity contribution in [2.75, 3.05) is 24.6 Å². The van der Waals surface area contributed by atoms with Crippen molar-refractivity contribution in [3.63, 3.8) is 0 Å². The molecule has 0 spiro atoms. The number of anilines is 1. The normalized spacial score (nSPS) is 12.2. The highest BCUT2D eigenvalue weighted by atomic mass is 16.3. The molecule has 1 aromatic heterocycles. The van der Waals surface area contributed by atoms with Crippen LogP contribution >= 0.6 is 0 Å². The van der Waals surface area contributed by atoms with Crippen molar-refractivity contribution in [2.45, 2.75) is 19.4 Å². The minimum Gasteiger partial charge on any atom is -0.395 e. The maximum atomic E-state index is 9.63. The molecule has 1 rings (SSSR count). The van der Waals surface area contributed by atoms with Gasteiger partial charge in [-0.15, -0.1) is 6.58 Å². The molecule has 0 radical (unpaired) electrons. The third-order valence-corrected chi connectivity index (χ3v) is 2.58. The first kappa shape index (κ1) is 13.7. The van der Waals surface area contributed by atoms with Crippen LogP contribution < -0.4 is 4.90 Å². The largest absolute Gasteiger partial charge is 0.395 e. The molecule has 4 heteroatoms. The lowest BCUT2D eigenvalue weighted by atomic mass is 10.2. The number of rotatable bonds is 7. The van der Waals surface area contributed by atoms with Crippen LogP contribution in [0.2, 0.25) is 0 Å². The summed E-state index contributed by atoms with van der Waals surface area (Å²) in [5.74, 6) is 0. The Morgan fingerprint density at radius 3 is 2.76 bits per heavy atom. The zero-order valence-corrected chi connectivity index (χ0v) is 10.2. The smallest absolute Gasteiger partial charge is 0.0957 e. The zero-order valence-electron chi connectivity index (χ0n) is 10.2. The van der Waals surface area contributed by atoms with Crippen LogP contribution in [0, 0.1) is 0 Å². The van der Waals surface area contributed by atoms with Gasteiger partial charge in [-0.2, -0.15) is 0 Å². The summed E-state index contributed by atoms with van der Waals surface area (Å²) in [5, 5.41) is 18.6. The molecule has 0 aromatic carbocycles. The van der Waals surface area contributed by atoms with Crippen LogP contribution in [0.1, 0.15) is 25.1 Å². The summed E-state index contributed by atoms with van der Waals surface area (Å²) in [4.78, 5) is 6.20. The summed E-state index contributed by atoms with van der Waals surface area (Å²) in [6.07, 6.45) is 3.65. The average molecular weight is 236 g/mol. The van der Waals surface area contributed by atoms with Gasteiger partial charge in [0.25, 0.3) is 0 Å². The van der Waals surface area contributed by atoms with Gasteiger partial charge in [-0.25, -0.2) is 0 Å². The van der Waals surface area contributed by atoms with Crippen LogP contribution in [0.15, 0.2) is 31.0 Å². The van der Waals surface area contributed by atoms with Crippen molar-refractivity contribution < 1.29 is 10.2 Å². The second-order valence-electron chi connectivity index (χ2n) is 3.82. The van der Waals surface area contributed by atoms with E-state index in [2.05, 4.69) is 11.6 Å². The Morgan fingerprint density at radius 1 is 1.53 bits per heavy atom. The minimum absolute atomic E-state index is 0.0905. The molecule has 0 unspecified atom stereocenters. The van der Waals surface area contributed by atoms with Gasteiger partial charge in [0.2, 0.25) is 0 Å². The molecule has 17 heavy (non-hydrogen) atoms. The number of pyridine rings is 1. The lowest BCUT2D eigenvalue weighted by Crippen LogP contribution is -2.26. The summed E-state index contributed by atoms with van der Waals surface area (Å²) in [6, 6.07) is 3.72. The fraction of sp³-hybridized carbons (Fsp3) is 0.462. The number of hydrogen-bond acceptors (Lipinski definition) is 4. The predicted molar refractivity (Wildman–Crippen MR) is 69.0 cm³/mol. The number of hydrogen-bond donors (Lipinski definition) is 2. The van der Waals surface area contributed by atoms with Gasteiger partial charge >= 0.3 is 0 Å². The molecule has 0 fully saturated rings. The summed E-state index contributed by atoms with van der Waals surface area (Å²) in [6.45, 7) is 6.90. The van der Waals surface area contributed by atoms with Gasteiger partial charge in [0.15, 0.2) is 0 Å². The molecule has 1 aromatic rings. The lowest BCUT2D eigenvalue weighted by molar-refractivity contribution is 0.169. The van der Waals surface area contributed by atoms with Gasteiger partial charge in [-0.3, -0.25) is 4.98 Å². The fourth-order valence-corrected chi connectivity index (χ4v) is 1.59. The lowest BCUT2D eigenvalue weighted by Gasteiger charge is -2.22. The van der Waals surface area contributed by atoms with Crippen LogP contribution in [0.25, 0.3) is 0 Å². The Kier molecular flexibility index (Phi) is 5.66. The Morgan fingerprint density at radius 2 is 2.29 bits per heavy atom. The van der Waals surface area contributed by atoms with E-state index in [-0.39, 0.29) is 6.61 Å². The van der Waals surface area contributed by atoms with Crippen LogP contribution in [-0.4, -0.2) is 34.9 Å². The van der Waals surface area contributed by atoms with Crippen molar-refractivity contribution in [1.82, 2.24) is 4.98 Å².